The second kappa shape index (κ2) is 3.02. The van der Waals surface area contributed by atoms with Gasteiger partial charge in [0.05, 0.1) is 5.97 Å². The summed E-state index contributed by atoms with van der Waals surface area (Å²) in [5, 5.41) is 9.86. The van der Waals surface area contributed by atoms with Crippen molar-refractivity contribution in [1.82, 2.24) is 0 Å². The number of hydrogen-bond acceptors (Lipinski definition) is 2. The fraction of sp³-hybridized carbons (Fsp3) is 0.167. The molecule has 2 heteroatoms. The van der Waals surface area contributed by atoms with Crippen LogP contribution in [0.5, 0.6) is 0 Å². The lowest BCUT2D eigenvalue weighted by molar-refractivity contribution is -0.299. The van der Waals surface area contributed by atoms with E-state index in [0.717, 1.165) is 0 Å². The second-order valence-corrected chi connectivity index (χ2v) is 1.37. The van der Waals surface area contributed by atoms with Gasteiger partial charge in [0.15, 0.2) is 0 Å². The molecule has 0 radical (unpaired) electrons. The zero-order chi connectivity index (χ0) is 6.57. The molecule has 0 atom stereocenters. The summed E-state index contributed by atoms with van der Waals surface area (Å²) in [5.74, 6) is -1.15. The highest BCUT2D eigenvalue weighted by atomic mass is 16.4. The normalized spacial score (nSPS) is 10.9. The number of carboxylic acid groups (broad SMARTS) is 1. The molecular weight excluding hydrogens is 104 g/mol. The lowest BCUT2D eigenvalue weighted by Gasteiger charge is -1.96. The predicted octanol–water partition coefficient (Wildman–Crippen LogP) is -0.131. The third kappa shape index (κ3) is 2.18. The van der Waals surface area contributed by atoms with Crippen molar-refractivity contribution in [2.75, 3.05) is 0 Å². The van der Waals surface area contributed by atoms with Gasteiger partial charge in [0.1, 0.15) is 0 Å². The Morgan fingerprint density at radius 1 is 1.75 bits per heavy atom. The van der Waals surface area contributed by atoms with Gasteiger partial charge in [-0.15, -0.1) is 0 Å². The smallest absolute Gasteiger partial charge is 0.0672 e. The van der Waals surface area contributed by atoms with Crippen molar-refractivity contribution in [2.24, 2.45) is 0 Å². The van der Waals surface area contributed by atoms with Crippen LogP contribution in [0.15, 0.2) is 24.3 Å². The van der Waals surface area contributed by atoms with Crippen molar-refractivity contribution < 1.29 is 9.90 Å². The number of aliphatic carboxylic acids is 1. The van der Waals surface area contributed by atoms with Crippen LogP contribution in [0, 0.1) is 0 Å². The number of carbonyl (C=O) groups excluding carboxylic acids is 1. The maximum atomic E-state index is 9.86. The third-order valence-electron chi connectivity index (χ3n) is 0.690. The Labute approximate surface area is 48.1 Å². The van der Waals surface area contributed by atoms with Crippen LogP contribution in [-0.2, 0) is 4.79 Å². The van der Waals surface area contributed by atoms with Gasteiger partial charge in [-0.1, -0.05) is 18.7 Å². The van der Waals surface area contributed by atoms with Crippen LogP contribution in [0.4, 0.5) is 0 Å². The van der Waals surface area contributed by atoms with Crippen molar-refractivity contribution in [2.45, 2.75) is 6.92 Å². The standard InChI is InChI=1S/C6H8O2/c1-3-4-5(2)6(7)8/h3-4H,1H2,2H3,(H,7,8)/p-1. The first-order valence-electron chi connectivity index (χ1n) is 2.19. The SMILES string of the molecule is C=CC=C(C)C(=O)[O-]. The van der Waals surface area contributed by atoms with E-state index in [-0.39, 0.29) is 5.57 Å². The molecular formula is C6H7O2-. The van der Waals surface area contributed by atoms with Crippen molar-refractivity contribution in [3.05, 3.63) is 24.3 Å². The van der Waals surface area contributed by atoms with Gasteiger partial charge in [0.25, 0.3) is 0 Å². The van der Waals surface area contributed by atoms with Gasteiger partial charge >= 0.3 is 0 Å². The van der Waals surface area contributed by atoms with E-state index in [0.29, 0.717) is 0 Å². The highest BCUT2D eigenvalue weighted by Crippen LogP contribution is 1.87. The van der Waals surface area contributed by atoms with Crippen molar-refractivity contribution in [3.63, 3.8) is 0 Å². The van der Waals surface area contributed by atoms with Crippen LogP contribution in [0.25, 0.3) is 0 Å². The number of carboxylic acids is 1. The van der Waals surface area contributed by atoms with Crippen molar-refractivity contribution in [1.29, 1.82) is 0 Å². The summed E-state index contributed by atoms with van der Waals surface area (Å²) in [6, 6.07) is 0. The van der Waals surface area contributed by atoms with E-state index in [4.69, 9.17) is 0 Å². The Balaban J connectivity index is 3.99. The molecule has 0 saturated carbocycles. The largest absolute Gasteiger partial charge is 0.545 e. The fourth-order valence-electron chi connectivity index (χ4n) is 0.245. The van der Waals surface area contributed by atoms with Crippen LogP contribution in [0.2, 0.25) is 0 Å². The first-order chi connectivity index (χ1) is 3.68. The maximum Gasteiger partial charge on any atom is 0.0672 e. The van der Waals surface area contributed by atoms with Gasteiger partial charge in [-0.2, -0.15) is 0 Å². The molecule has 0 aromatic rings. The molecule has 0 aliphatic rings. The molecule has 0 bridgehead atoms. The molecule has 0 amide bonds. The average Bonchev–Trinajstić information content (AvgIpc) is 1.67. The Hall–Kier alpha value is -1.05. The summed E-state index contributed by atoms with van der Waals surface area (Å²) in [6.07, 6.45) is 2.79. The predicted molar refractivity (Wildman–Crippen MR) is 29.0 cm³/mol. The molecule has 0 aromatic carbocycles. The first kappa shape index (κ1) is 6.95. The Morgan fingerprint density at radius 2 is 2.25 bits per heavy atom. The molecule has 0 N–H and O–H groups in total. The Morgan fingerprint density at radius 3 is 2.38 bits per heavy atom. The minimum absolute atomic E-state index is 0.194. The topological polar surface area (TPSA) is 40.1 Å². The van der Waals surface area contributed by atoms with E-state index in [9.17, 15) is 9.90 Å². The molecule has 0 saturated heterocycles. The Bertz CT molecular complexity index is 133. The summed E-state index contributed by atoms with van der Waals surface area (Å²) in [6.45, 7) is 4.77. The van der Waals surface area contributed by atoms with Crippen LogP contribution in [0.1, 0.15) is 6.92 Å². The number of allylic oxidation sites excluding steroid dienone is 2. The number of carbonyl (C=O) groups is 1. The molecule has 0 aliphatic heterocycles. The zero-order valence-corrected chi connectivity index (χ0v) is 4.68. The quantitative estimate of drug-likeness (QED) is 0.368. The molecule has 0 aliphatic carbocycles. The Kier molecular flexibility index (Phi) is 2.62. The van der Waals surface area contributed by atoms with E-state index < -0.39 is 5.97 Å². The van der Waals surface area contributed by atoms with Gasteiger partial charge in [0.2, 0.25) is 0 Å². The van der Waals surface area contributed by atoms with Gasteiger partial charge in [-0.3, -0.25) is 0 Å². The van der Waals surface area contributed by atoms with Gasteiger partial charge in [-0.25, -0.2) is 0 Å². The van der Waals surface area contributed by atoms with Gasteiger partial charge in [0, 0.05) is 0 Å². The highest BCUT2D eigenvalue weighted by molar-refractivity contribution is 5.84. The average molecular weight is 111 g/mol. The first-order valence-corrected chi connectivity index (χ1v) is 2.19. The lowest BCUT2D eigenvalue weighted by Crippen LogP contribution is -2.22. The number of rotatable bonds is 2. The van der Waals surface area contributed by atoms with E-state index in [1.807, 2.05) is 0 Å². The summed E-state index contributed by atoms with van der Waals surface area (Å²) in [5.41, 5.74) is 0.194. The fourth-order valence-corrected chi connectivity index (χ4v) is 0.245. The molecule has 0 heterocycles. The van der Waals surface area contributed by atoms with Crippen LogP contribution >= 0.6 is 0 Å². The molecule has 2 nitrogen and oxygen atoms in total. The summed E-state index contributed by atoms with van der Waals surface area (Å²) in [4.78, 5) is 9.86. The lowest BCUT2D eigenvalue weighted by atomic mass is 10.3. The van der Waals surface area contributed by atoms with E-state index in [1.54, 1.807) is 0 Å². The van der Waals surface area contributed by atoms with E-state index in [2.05, 4.69) is 6.58 Å². The monoisotopic (exact) mass is 111 g/mol. The number of hydrogen-bond donors (Lipinski definition) is 0. The summed E-state index contributed by atoms with van der Waals surface area (Å²) in [7, 11) is 0. The maximum absolute atomic E-state index is 9.86. The van der Waals surface area contributed by atoms with Crippen LogP contribution < -0.4 is 5.11 Å². The second-order valence-electron chi connectivity index (χ2n) is 1.37. The molecule has 0 unspecified atom stereocenters. The minimum Gasteiger partial charge on any atom is -0.545 e. The van der Waals surface area contributed by atoms with E-state index in [1.165, 1.54) is 19.1 Å². The van der Waals surface area contributed by atoms with Gasteiger partial charge in [-0.05, 0) is 12.5 Å². The molecule has 44 valence electrons. The van der Waals surface area contributed by atoms with Crippen LogP contribution in [-0.4, -0.2) is 5.97 Å². The molecule has 0 aromatic heterocycles. The summed E-state index contributed by atoms with van der Waals surface area (Å²) >= 11 is 0. The van der Waals surface area contributed by atoms with Crippen molar-refractivity contribution >= 4 is 5.97 Å². The minimum atomic E-state index is -1.15. The highest BCUT2D eigenvalue weighted by Gasteiger charge is 1.82. The van der Waals surface area contributed by atoms with Crippen molar-refractivity contribution in [3.8, 4) is 0 Å². The zero-order valence-electron chi connectivity index (χ0n) is 4.68. The molecule has 0 fully saturated rings. The molecule has 8 heavy (non-hydrogen) atoms. The van der Waals surface area contributed by atoms with E-state index >= 15 is 0 Å². The van der Waals surface area contributed by atoms with Gasteiger partial charge < -0.3 is 9.90 Å². The molecule has 0 rings (SSSR count). The summed E-state index contributed by atoms with van der Waals surface area (Å²) < 4.78 is 0. The molecule has 0 spiro atoms. The van der Waals surface area contributed by atoms with Crippen LogP contribution in [0.3, 0.4) is 0 Å². The third-order valence-corrected chi connectivity index (χ3v) is 0.690.